The molecular formula is C13H12FNO2. The van der Waals surface area contributed by atoms with E-state index in [1.165, 1.54) is 7.11 Å². The smallest absolute Gasteiger partial charge is 0.172 e. The van der Waals surface area contributed by atoms with Gasteiger partial charge in [-0.15, -0.1) is 0 Å². The molecule has 3 nitrogen and oxygen atoms in total. The average Bonchev–Trinajstić information content (AvgIpc) is 2.39. The fourth-order valence-electron chi connectivity index (χ4n) is 1.61. The van der Waals surface area contributed by atoms with Gasteiger partial charge in [-0.2, -0.15) is 0 Å². The van der Waals surface area contributed by atoms with Gasteiger partial charge in [-0.05, 0) is 17.7 Å². The summed E-state index contributed by atoms with van der Waals surface area (Å²) in [6.07, 6.45) is 3.10. The Morgan fingerprint density at radius 3 is 2.88 bits per heavy atom. The number of pyridine rings is 1. The van der Waals surface area contributed by atoms with E-state index in [1.807, 2.05) is 0 Å². The van der Waals surface area contributed by atoms with Crippen LogP contribution >= 0.6 is 0 Å². The molecule has 0 aliphatic rings. The number of hydrogen-bond donors (Lipinski definition) is 1. The molecule has 0 aliphatic carbocycles. The molecule has 0 fully saturated rings. The van der Waals surface area contributed by atoms with Crippen LogP contribution < -0.4 is 4.74 Å². The van der Waals surface area contributed by atoms with Crippen LogP contribution in [-0.2, 0) is 6.61 Å². The zero-order chi connectivity index (χ0) is 12.3. The third-order valence-corrected chi connectivity index (χ3v) is 2.47. The molecule has 0 saturated carbocycles. The van der Waals surface area contributed by atoms with Crippen LogP contribution in [0.15, 0.2) is 36.7 Å². The molecule has 0 amide bonds. The molecule has 0 bridgehead atoms. The maximum Gasteiger partial charge on any atom is 0.172 e. The molecule has 0 radical (unpaired) electrons. The highest BCUT2D eigenvalue weighted by Crippen LogP contribution is 2.28. The van der Waals surface area contributed by atoms with Gasteiger partial charge in [-0.3, -0.25) is 4.98 Å². The summed E-state index contributed by atoms with van der Waals surface area (Å²) in [6, 6.07) is 6.62. The minimum absolute atomic E-state index is 0.119. The number of nitrogens with zero attached hydrogens (tertiary/aromatic N) is 1. The lowest BCUT2D eigenvalue weighted by atomic mass is 10.1. The summed E-state index contributed by atoms with van der Waals surface area (Å²) in [6.45, 7) is -0.119. The number of ether oxygens (including phenoxy) is 1. The van der Waals surface area contributed by atoms with Gasteiger partial charge in [0.2, 0.25) is 0 Å². The molecule has 0 unspecified atom stereocenters. The second kappa shape index (κ2) is 4.93. The van der Waals surface area contributed by atoms with E-state index in [2.05, 4.69) is 4.98 Å². The van der Waals surface area contributed by atoms with Gasteiger partial charge < -0.3 is 9.84 Å². The predicted molar refractivity (Wildman–Crippen MR) is 62.1 cm³/mol. The highest BCUT2D eigenvalue weighted by Gasteiger charge is 2.10. The summed E-state index contributed by atoms with van der Waals surface area (Å²) >= 11 is 0. The molecule has 1 aromatic heterocycles. The summed E-state index contributed by atoms with van der Waals surface area (Å²) < 4.78 is 18.9. The van der Waals surface area contributed by atoms with E-state index < -0.39 is 5.82 Å². The number of aliphatic hydroxyl groups excluding tert-OH is 1. The van der Waals surface area contributed by atoms with Crippen molar-refractivity contribution in [3.05, 3.63) is 48.0 Å². The van der Waals surface area contributed by atoms with Crippen LogP contribution in [0.4, 0.5) is 4.39 Å². The van der Waals surface area contributed by atoms with Crippen molar-refractivity contribution < 1.29 is 14.2 Å². The van der Waals surface area contributed by atoms with Crippen molar-refractivity contribution in [2.75, 3.05) is 7.11 Å². The predicted octanol–water partition coefficient (Wildman–Crippen LogP) is 2.39. The van der Waals surface area contributed by atoms with Gasteiger partial charge in [0, 0.05) is 23.5 Å². The maximum absolute atomic E-state index is 14.0. The van der Waals surface area contributed by atoms with Crippen LogP contribution in [0.5, 0.6) is 5.75 Å². The lowest BCUT2D eigenvalue weighted by molar-refractivity contribution is 0.281. The summed E-state index contributed by atoms with van der Waals surface area (Å²) in [4.78, 5) is 3.96. The molecule has 2 aromatic rings. The van der Waals surface area contributed by atoms with E-state index in [9.17, 15) is 4.39 Å². The van der Waals surface area contributed by atoms with Gasteiger partial charge in [0.05, 0.1) is 13.7 Å². The monoisotopic (exact) mass is 233 g/mol. The Kier molecular flexibility index (Phi) is 3.35. The fraction of sp³-hybridized carbons (Fsp3) is 0.154. The van der Waals surface area contributed by atoms with E-state index >= 15 is 0 Å². The first-order valence-electron chi connectivity index (χ1n) is 5.14. The van der Waals surface area contributed by atoms with E-state index in [0.29, 0.717) is 16.7 Å². The van der Waals surface area contributed by atoms with Gasteiger partial charge in [0.15, 0.2) is 11.6 Å². The van der Waals surface area contributed by atoms with Crippen molar-refractivity contribution in [1.82, 2.24) is 4.98 Å². The van der Waals surface area contributed by atoms with Crippen molar-refractivity contribution in [2.24, 2.45) is 0 Å². The van der Waals surface area contributed by atoms with E-state index in [4.69, 9.17) is 9.84 Å². The Morgan fingerprint density at radius 2 is 2.18 bits per heavy atom. The third kappa shape index (κ3) is 2.26. The summed E-state index contributed by atoms with van der Waals surface area (Å²) in [7, 11) is 1.42. The molecule has 4 heteroatoms. The molecule has 1 N–H and O–H groups in total. The molecule has 0 spiro atoms. The normalized spacial score (nSPS) is 10.3. The van der Waals surface area contributed by atoms with Gasteiger partial charge in [0.1, 0.15) is 0 Å². The van der Waals surface area contributed by atoms with E-state index in [1.54, 1.807) is 36.7 Å². The van der Waals surface area contributed by atoms with E-state index in [-0.39, 0.29) is 12.4 Å². The van der Waals surface area contributed by atoms with Gasteiger partial charge in [-0.25, -0.2) is 4.39 Å². The number of rotatable bonds is 3. The van der Waals surface area contributed by atoms with Crippen molar-refractivity contribution in [3.8, 4) is 16.9 Å². The lowest BCUT2D eigenvalue weighted by Gasteiger charge is -2.07. The largest absolute Gasteiger partial charge is 0.494 e. The zero-order valence-electron chi connectivity index (χ0n) is 9.35. The third-order valence-electron chi connectivity index (χ3n) is 2.47. The molecule has 88 valence electrons. The maximum atomic E-state index is 14.0. The SMILES string of the molecule is COc1cccc(-c2cncc(CO)c2)c1F. The van der Waals surface area contributed by atoms with Crippen LogP contribution in [0, 0.1) is 5.82 Å². The quantitative estimate of drug-likeness (QED) is 0.885. The fourth-order valence-corrected chi connectivity index (χ4v) is 1.61. The zero-order valence-corrected chi connectivity index (χ0v) is 9.35. The summed E-state index contributed by atoms with van der Waals surface area (Å²) in [5, 5.41) is 9.02. The van der Waals surface area contributed by atoms with Crippen molar-refractivity contribution in [2.45, 2.75) is 6.61 Å². The summed E-state index contributed by atoms with van der Waals surface area (Å²) in [5.74, 6) is -0.233. The van der Waals surface area contributed by atoms with Gasteiger partial charge >= 0.3 is 0 Å². The van der Waals surface area contributed by atoms with Crippen LogP contribution in [0.1, 0.15) is 5.56 Å². The van der Waals surface area contributed by atoms with Crippen molar-refractivity contribution in [3.63, 3.8) is 0 Å². The van der Waals surface area contributed by atoms with Crippen LogP contribution in [0.2, 0.25) is 0 Å². The number of aromatic nitrogens is 1. The van der Waals surface area contributed by atoms with Gasteiger partial charge in [-0.1, -0.05) is 12.1 Å². The minimum Gasteiger partial charge on any atom is -0.494 e. The topological polar surface area (TPSA) is 42.4 Å². The number of methoxy groups -OCH3 is 1. The number of halogens is 1. The molecule has 1 aromatic carbocycles. The molecule has 0 aliphatic heterocycles. The Hall–Kier alpha value is -1.94. The molecule has 1 heterocycles. The molecule has 0 saturated heterocycles. The second-order valence-electron chi connectivity index (χ2n) is 3.56. The molecule has 17 heavy (non-hydrogen) atoms. The minimum atomic E-state index is -0.424. The Morgan fingerprint density at radius 1 is 1.35 bits per heavy atom. The van der Waals surface area contributed by atoms with Crippen LogP contribution in [0.25, 0.3) is 11.1 Å². The average molecular weight is 233 g/mol. The van der Waals surface area contributed by atoms with Crippen LogP contribution in [-0.4, -0.2) is 17.2 Å². The number of hydrogen-bond acceptors (Lipinski definition) is 3. The second-order valence-corrected chi connectivity index (χ2v) is 3.56. The molecule has 2 rings (SSSR count). The first-order valence-corrected chi connectivity index (χ1v) is 5.14. The highest BCUT2D eigenvalue weighted by molar-refractivity contribution is 5.65. The van der Waals surface area contributed by atoms with Crippen LogP contribution in [0.3, 0.4) is 0 Å². The number of aliphatic hydroxyl groups is 1. The Balaban J connectivity index is 2.52. The first-order chi connectivity index (χ1) is 8.26. The van der Waals surface area contributed by atoms with Crippen molar-refractivity contribution >= 4 is 0 Å². The number of benzene rings is 1. The molecule has 0 atom stereocenters. The van der Waals surface area contributed by atoms with Crippen molar-refractivity contribution in [1.29, 1.82) is 0 Å². The lowest BCUT2D eigenvalue weighted by Crippen LogP contribution is -1.93. The molecular weight excluding hydrogens is 221 g/mol. The summed E-state index contributed by atoms with van der Waals surface area (Å²) in [5.41, 5.74) is 1.67. The highest BCUT2D eigenvalue weighted by atomic mass is 19.1. The van der Waals surface area contributed by atoms with E-state index in [0.717, 1.165) is 0 Å². The Bertz CT molecular complexity index is 529. The van der Waals surface area contributed by atoms with Gasteiger partial charge in [0.25, 0.3) is 0 Å². The standard InChI is InChI=1S/C13H12FNO2/c1-17-12-4-2-3-11(13(12)14)10-5-9(8-16)6-15-7-10/h2-7,16H,8H2,1H3. The first kappa shape index (κ1) is 11.5. The Labute approximate surface area is 98.5 Å².